The molecular formula is C14H16O3. The average molecular weight is 232 g/mol. The van der Waals surface area contributed by atoms with Gasteiger partial charge in [-0.1, -0.05) is 30.3 Å². The normalized spacial score (nSPS) is 21.9. The number of carbonyl (C=O) groups is 1. The van der Waals surface area contributed by atoms with E-state index in [0.717, 1.165) is 36.0 Å². The second kappa shape index (κ2) is 5.15. The number of aliphatic carboxylic acids is 1. The Hall–Kier alpha value is -1.61. The number of hydrogen-bond donors (Lipinski definition) is 2. The van der Waals surface area contributed by atoms with Gasteiger partial charge in [0, 0.05) is 0 Å². The van der Waals surface area contributed by atoms with Crippen LogP contribution >= 0.6 is 0 Å². The zero-order valence-electron chi connectivity index (χ0n) is 9.60. The van der Waals surface area contributed by atoms with Gasteiger partial charge in [0.05, 0.1) is 12.5 Å². The summed E-state index contributed by atoms with van der Waals surface area (Å²) in [6.45, 7) is 0. The molecule has 0 saturated heterocycles. The molecule has 1 aliphatic carbocycles. The van der Waals surface area contributed by atoms with Gasteiger partial charge < -0.3 is 10.2 Å². The molecule has 1 aromatic carbocycles. The second-order valence-electron chi connectivity index (χ2n) is 4.44. The summed E-state index contributed by atoms with van der Waals surface area (Å²) in [5.74, 6) is -0.817. The maximum atomic E-state index is 10.5. The number of carboxylic acids is 1. The van der Waals surface area contributed by atoms with Crippen molar-refractivity contribution in [3.63, 3.8) is 0 Å². The maximum Gasteiger partial charge on any atom is 0.307 e. The van der Waals surface area contributed by atoms with Crippen LogP contribution in [-0.4, -0.2) is 22.3 Å². The topological polar surface area (TPSA) is 57.5 Å². The predicted octanol–water partition coefficient (Wildman–Crippen LogP) is 2.24. The first-order valence-electron chi connectivity index (χ1n) is 5.84. The standard InChI is InChI=1S/C14H16O3/c15-13-3-1-2-12(13)8-10-4-6-11(7-5-10)9-14(16)17/h4-8,13,15H,1-3,9H2,(H,16,17). The molecule has 0 heterocycles. The first-order chi connectivity index (χ1) is 8.15. The van der Waals surface area contributed by atoms with E-state index in [9.17, 15) is 9.90 Å². The molecule has 1 saturated carbocycles. The Balaban J connectivity index is 2.10. The van der Waals surface area contributed by atoms with E-state index in [1.807, 2.05) is 30.3 Å². The van der Waals surface area contributed by atoms with E-state index in [0.29, 0.717) is 0 Å². The lowest BCUT2D eigenvalue weighted by Crippen LogP contribution is -2.01. The molecule has 1 fully saturated rings. The lowest BCUT2D eigenvalue weighted by atomic mass is 10.1. The van der Waals surface area contributed by atoms with E-state index in [1.165, 1.54) is 0 Å². The number of carboxylic acid groups (broad SMARTS) is 1. The van der Waals surface area contributed by atoms with E-state index in [4.69, 9.17) is 5.11 Å². The van der Waals surface area contributed by atoms with Gasteiger partial charge in [0.15, 0.2) is 0 Å². The third-order valence-corrected chi connectivity index (χ3v) is 3.06. The summed E-state index contributed by atoms with van der Waals surface area (Å²) in [5.41, 5.74) is 2.90. The third kappa shape index (κ3) is 3.17. The maximum absolute atomic E-state index is 10.5. The van der Waals surface area contributed by atoms with Crippen LogP contribution in [0.25, 0.3) is 6.08 Å². The lowest BCUT2D eigenvalue weighted by Gasteiger charge is -2.04. The minimum atomic E-state index is -0.817. The fourth-order valence-corrected chi connectivity index (χ4v) is 2.14. The van der Waals surface area contributed by atoms with Crippen LogP contribution in [-0.2, 0) is 11.2 Å². The highest BCUT2D eigenvalue weighted by Crippen LogP contribution is 2.26. The van der Waals surface area contributed by atoms with Crippen LogP contribution in [0.1, 0.15) is 30.4 Å². The molecule has 2 rings (SSSR count). The molecule has 1 atom stereocenters. The van der Waals surface area contributed by atoms with Crippen molar-refractivity contribution in [2.75, 3.05) is 0 Å². The summed E-state index contributed by atoms with van der Waals surface area (Å²) in [6.07, 6.45) is 4.61. The molecule has 3 nitrogen and oxygen atoms in total. The largest absolute Gasteiger partial charge is 0.481 e. The summed E-state index contributed by atoms with van der Waals surface area (Å²) in [7, 11) is 0. The zero-order chi connectivity index (χ0) is 12.3. The van der Waals surface area contributed by atoms with E-state index in [2.05, 4.69) is 0 Å². The minimum Gasteiger partial charge on any atom is -0.481 e. The van der Waals surface area contributed by atoms with E-state index >= 15 is 0 Å². The predicted molar refractivity (Wildman–Crippen MR) is 65.6 cm³/mol. The van der Waals surface area contributed by atoms with Gasteiger partial charge in [0.2, 0.25) is 0 Å². The first kappa shape index (κ1) is 11.9. The van der Waals surface area contributed by atoms with Crippen molar-refractivity contribution in [3.8, 4) is 0 Å². The van der Waals surface area contributed by atoms with Crippen molar-refractivity contribution < 1.29 is 15.0 Å². The molecule has 1 unspecified atom stereocenters. The van der Waals surface area contributed by atoms with Crippen molar-refractivity contribution in [1.82, 2.24) is 0 Å². The molecule has 1 aromatic rings. The Morgan fingerprint density at radius 2 is 2.06 bits per heavy atom. The van der Waals surface area contributed by atoms with Crippen molar-refractivity contribution in [1.29, 1.82) is 0 Å². The first-order valence-corrected chi connectivity index (χ1v) is 5.84. The zero-order valence-corrected chi connectivity index (χ0v) is 9.60. The Labute approximate surface area is 100 Å². The molecule has 0 spiro atoms. The van der Waals surface area contributed by atoms with Crippen LogP contribution in [0, 0.1) is 0 Å². The molecule has 0 aromatic heterocycles. The minimum absolute atomic E-state index is 0.0550. The Kier molecular flexibility index (Phi) is 3.59. The molecule has 0 aliphatic heterocycles. The van der Waals surface area contributed by atoms with E-state index in [1.54, 1.807) is 0 Å². The van der Waals surface area contributed by atoms with Gasteiger partial charge in [-0.3, -0.25) is 4.79 Å². The van der Waals surface area contributed by atoms with Crippen molar-refractivity contribution >= 4 is 12.0 Å². The van der Waals surface area contributed by atoms with Gasteiger partial charge in [0.1, 0.15) is 0 Å². The number of rotatable bonds is 3. The van der Waals surface area contributed by atoms with Crippen LogP contribution in [0.3, 0.4) is 0 Å². The van der Waals surface area contributed by atoms with Crippen molar-refractivity contribution in [2.24, 2.45) is 0 Å². The molecule has 3 heteroatoms. The Bertz CT molecular complexity index is 431. The van der Waals surface area contributed by atoms with Gasteiger partial charge in [-0.25, -0.2) is 0 Å². The molecule has 2 N–H and O–H groups in total. The molecule has 0 amide bonds. The fourth-order valence-electron chi connectivity index (χ4n) is 2.14. The monoisotopic (exact) mass is 232 g/mol. The van der Waals surface area contributed by atoms with Crippen LogP contribution in [0.4, 0.5) is 0 Å². The molecule has 0 radical (unpaired) electrons. The van der Waals surface area contributed by atoms with E-state index in [-0.39, 0.29) is 12.5 Å². The summed E-state index contributed by atoms with van der Waals surface area (Å²) in [6, 6.07) is 7.44. The number of benzene rings is 1. The van der Waals surface area contributed by atoms with Gasteiger partial charge >= 0.3 is 5.97 Å². The summed E-state index contributed by atoms with van der Waals surface area (Å²) in [4.78, 5) is 10.5. The Morgan fingerprint density at radius 3 is 2.59 bits per heavy atom. The third-order valence-electron chi connectivity index (χ3n) is 3.06. The quantitative estimate of drug-likeness (QED) is 0.840. The summed E-state index contributed by atoms with van der Waals surface area (Å²) in [5, 5.41) is 18.3. The van der Waals surface area contributed by atoms with Crippen LogP contribution in [0.15, 0.2) is 29.8 Å². The van der Waals surface area contributed by atoms with Crippen molar-refractivity contribution in [2.45, 2.75) is 31.8 Å². The number of aliphatic hydroxyl groups is 1. The smallest absolute Gasteiger partial charge is 0.307 e. The van der Waals surface area contributed by atoms with Crippen LogP contribution in [0.2, 0.25) is 0 Å². The van der Waals surface area contributed by atoms with Crippen molar-refractivity contribution in [3.05, 3.63) is 41.0 Å². The average Bonchev–Trinajstić information content (AvgIpc) is 2.67. The fraction of sp³-hybridized carbons (Fsp3) is 0.357. The van der Waals surface area contributed by atoms with Gasteiger partial charge in [-0.05, 0) is 36.0 Å². The SMILES string of the molecule is O=C(O)Cc1ccc(C=C2CCCC2O)cc1. The van der Waals surface area contributed by atoms with Gasteiger partial charge in [-0.2, -0.15) is 0 Å². The lowest BCUT2D eigenvalue weighted by molar-refractivity contribution is -0.136. The second-order valence-corrected chi connectivity index (χ2v) is 4.44. The molecular weight excluding hydrogens is 216 g/mol. The summed E-state index contributed by atoms with van der Waals surface area (Å²) >= 11 is 0. The highest BCUT2D eigenvalue weighted by atomic mass is 16.4. The highest BCUT2D eigenvalue weighted by Gasteiger charge is 2.17. The Morgan fingerprint density at radius 1 is 1.35 bits per heavy atom. The van der Waals surface area contributed by atoms with Crippen LogP contribution < -0.4 is 0 Å². The van der Waals surface area contributed by atoms with E-state index < -0.39 is 5.97 Å². The highest BCUT2D eigenvalue weighted by molar-refractivity contribution is 5.70. The molecule has 17 heavy (non-hydrogen) atoms. The molecule has 0 bridgehead atoms. The van der Waals surface area contributed by atoms with Gasteiger partial charge in [-0.15, -0.1) is 0 Å². The number of aliphatic hydroxyl groups excluding tert-OH is 1. The molecule has 1 aliphatic rings. The van der Waals surface area contributed by atoms with Crippen LogP contribution in [0.5, 0.6) is 0 Å². The summed E-state index contributed by atoms with van der Waals surface area (Å²) < 4.78 is 0. The molecule has 90 valence electrons. The van der Waals surface area contributed by atoms with Gasteiger partial charge in [0.25, 0.3) is 0 Å². The number of hydrogen-bond acceptors (Lipinski definition) is 2.